The van der Waals surface area contributed by atoms with E-state index in [0.29, 0.717) is 6.42 Å². The maximum Gasteiger partial charge on any atom is 0.254 e. The SMILES string of the molecule is CC(=O)[C@H](CCCCCCCCN)NC(=O)c1c(Cl)cccc1Cl. The first kappa shape index (κ1) is 20.9. The highest BCUT2D eigenvalue weighted by atomic mass is 35.5. The number of Topliss-reactive ketones (excluding diaryl/α,β-unsaturated/α-hetero) is 1. The van der Waals surface area contributed by atoms with Crippen molar-refractivity contribution in [1.82, 2.24) is 5.32 Å². The third-order valence-corrected chi connectivity index (χ3v) is 4.56. The Morgan fingerprint density at radius 3 is 2.12 bits per heavy atom. The van der Waals surface area contributed by atoms with Gasteiger partial charge in [0.05, 0.1) is 21.7 Å². The Bertz CT molecular complexity index is 530. The number of hydrogen-bond donors (Lipinski definition) is 2. The van der Waals surface area contributed by atoms with Crippen LogP contribution in [0.4, 0.5) is 0 Å². The van der Waals surface area contributed by atoms with E-state index in [1.165, 1.54) is 6.92 Å². The zero-order valence-electron chi connectivity index (χ0n) is 14.1. The molecule has 0 aromatic heterocycles. The fourth-order valence-electron chi connectivity index (χ4n) is 2.52. The average Bonchev–Trinajstić information content (AvgIpc) is 2.52. The Balaban J connectivity index is 2.48. The van der Waals surface area contributed by atoms with Crippen LogP contribution >= 0.6 is 23.2 Å². The summed E-state index contributed by atoms with van der Waals surface area (Å²) >= 11 is 12.1. The fourth-order valence-corrected chi connectivity index (χ4v) is 3.09. The molecule has 0 spiro atoms. The van der Waals surface area contributed by atoms with Crippen LogP contribution in [-0.2, 0) is 4.79 Å². The molecule has 1 aromatic rings. The Morgan fingerprint density at radius 2 is 1.58 bits per heavy atom. The molecular weight excluding hydrogens is 347 g/mol. The summed E-state index contributed by atoms with van der Waals surface area (Å²) < 4.78 is 0. The molecule has 0 saturated carbocycles. The first-order valence-electron chi connectivity index (χ1n) is 8.42. The number of halogens is 2. The van der Waals surface area contributed by atoms with Crippen molar-refractivity contribution in [3.8, 4) is 0 Å². The van der Waals surface area contributed by atoms with Gasteiger partial charge in [0, 0.05) is 0 Å². The molecule has 134 valence electrons. The molecule has 0 unspecified atom stereocenters. The molecule has 0 aliphatic heterocycles. The van der Waals surface area contributed by atoms with Gasteiger partial charge in [-0.3, -0.25) is 9.59 Å². The number of carbonyl (C=O) groups is 2. The summed E-state index contributed by atoms with van der Waals surface area (Å²) in [6.45, 7) is 2.23. The van der Waals surface area contributed by atoms with Crippen LogP contribution in [0.3, 0.4) is 0 Å². The van der Waals surface area contributed by atoms with Crippen LogP contribution in [0, 0.1) is 0 Å². The molecule has 24 heavy (non-hydrogen) atoms. The molecule has 3 N–H and O–H groups in total. The van der Waals surface area contributed by atoms with E-state index in [-0.39, 0.29) is 21.4 Å². The lowest BCUT2D eigenvalue weighted by Gasteiger charge is -2.17. The third-order valence-electron chi connectivity index (χ3n) is 3.93. The number of amides is 1. The van der Waals surface area contributed by atoms with Gasteiger partial charge < -0.3 is 11.1 Å². The van der Waals surface area contributed by atoms with Crippen molar-refractivity contribution in [3.05, 3.63) is 33.8 Å². The Kier molecular flexibility index (Phi) is 9.99. The van der Waals surface area contributed by atoms with E-state index in [4.69, 9.17) is 28.9 Å². The highest BCUT2D eigenvalue weighted by Crippen LogP contribution is 2.24. The Morgan fingerprint density at radius 1 is 1.04 bits per heavy atom. The van der Waals surface area contributed by atoms with Gasteiger partial charge in [-0.15, -0.1) is 0 Å². The minimum absolute atomic E-state index is 0.0605. The smallest absolute Gasteiger partial charge is 0.254 e. The molecule has 0 aliphatic carbocycles. The van der Waals surface area contributed by atoms with Crippen LogP contribution < -0.4 is 11.1 Å². The number of carbonyl (C=O) groups excluding carboxylic acids is 2. The van der Waals surface area contributed by atoms with Gasteiger partial charge in [-0.2, -0.15) is 0 Å². The number of unbranched alkanes of at least 4 members (excludes halogenated alkanes) is 5. The van der Waals surface area contributed by atoms with Gasteiger partial charge in [-0.1, -0.05) is 61.4 Å². The van der Waals surface area contributed by atoms with Crippen molar-refractivity contribution in [1.29, 1.82) is 0 Å². The van der Waals surface area contributed by atoms with Gasteiger partial charge in [0.1, 0.15) is 0 Å². The molecule has 1 amide bonds. The van der Waals surface area contributed by atoms with Gasteiger partial charge in [0.15, 0.2) is 5.78 Å². The summed E-state index contributed by atoms with van der Waals surface area (Å²) in [5, 5.41) is 3.31. The second kappa shape index (κ2) is 11.5. The van der Waals surface area contributed by atoms with E-state index in [2.05, 4.69) is 5.32 Å². The lowest BCUT2D eigenvalue weighted by atomic mass is 10.0. The largest absolute Gasteiger partial charge is 0.342 e. The Labute approximate surface area is 154 Å². The zero-order valence-corrected chi connectivity index (χ0v) is 15.6. The molecule has 0 aliphatic rings. The second-order valence-electron chi connectivity index (χ2n) is 5.93. The van der Waals surface area contributed by atoms with Crippen molar-refractivity contribution < 1.29 is 9.59 Å². The molecule has 6 heteroatoms. The van der Waals surface area contributed by atoms with Gasteiger partial charge >= 0.3 is 0 Å². The Hall–Kier alpha value is -1.10. The maximum atomic E-state index is 12.4. The monoisotopic (exact) mass is 372 g/mol. The van der Waals surface area contributed by atoms with Gasteiger partial charge in [-0.05, 0) is 38.4 Å². The fraction of sp³-hybridized carbons (Fsp3) is 0.556. The van der Waals surface area contributed by atoms with Crippen LogP contribution in [0.1, 0.15) is 62.2 Å². The maximum absolute atomic E-state index is 12.4. The summed E-state index contributed by atoms with van der Waals surface area (Å²) in [6.07, 6.45) is 7.04. The normalized spacial score (nSPS) is 12.0. The van der Waals surface area contributed by atoms with Gasteiger partial charge in [0.25, 0.3) is 5.91 Å². The van der Waals surface area contributed by atoms with Crippen molar-refractivity contribution in [2.24, 2.45) is 5.73 Å². The van der Waals surface area contributed by atoms with Crippen molar-refractivity contribution in [2.75, 3.05) is 6.54 Å². The zero-order chi connectivity index (χ0) is 17.9. The van der Waals surface area contributed by atoms with Crippen LogP contribution in [0.25, 0.3) is 0 Å². The topological polar surface area (TPSA) is 72.2 Å². The average molecular weight is 373 g/mol. The molecule has 0 saturated heterocycles. The van der Waals surface area contributed by atoms with Crippen molar-refractivity contribution in [2.45, 2.75) is 57.9 Å². The summed E-state index contributed by atoms with van der Waals surface area (Å²) in [6, 6.07) is 4.38. The standard InChI is InChI=1S/C18H26Cl2N2O2/c1-13(23)16(11-6-4-2-3-5-7-12-21)22-18(24)17-14(19)9-8-10-15(17)20/h8-10,16H,2-7,11-12,21H2,1H3,(H,22,24)/t16-/m0/s1. The molecule has 0 radical (unpaired) electrons. The molecule has 0 heterocycles. The predicted octanol–water partition coefficient (Wildman–Crippen LogP) is 4.37. The number of nitrogens with two attached hydrogens (primary N) is 1. The summed E-state index contributed by atoms with van der Waals surface area (Å²) in [4.78, 5) is 24.2. The van der Waals surface area contributed by atoms with E-state index >= 15 is 0 Å². The van der Waals surface area contributed by atoms with E-state index in [1.54, 1.807) is 18.2 Å². The van der Waals surface area contributed by atoms with Crippen molar-refractivity contribution >= 4 is 34.9 Å². The molecule has 1 atom stereocenters. The summed E-state index contributed by atoms with van der Waals surface area (Å²) in [7, 11) is 0. The highest BCUT2D eigenvalue weighted by Gasteiger charge is 2.21. The lowest BCUT2D eigenvalue weighted by molar-refractivity contribution is -0.119. The van der Waals surface area contributed by atoms with Crippen LogP contribution in [0.15, 0.2) is 18.2 Å². The van der Waals surface area contributed by atoms with Crippen LogP contribution in [0.2, 0.25) is 10.0 Å². The van der Waals surface area contributed by atoms with Gasteiger partial charge in [-0.25, -0.2) is 0 Å². The quantitative estimate of drug-likeness (QED) is 0.566. The lowest BCUT2D eigenvalue weighted by Crippen LogP contribution is -2.40. The summed E-state index contributed by atoms with van der Waals surface area (Å²) in [5.41, 5.74) is 5.68. The van der Waals surface area contributed by atoms with E-state index in [1.807, 2.05) is 0 Å². The molecule has 1 rings (SSSR count). The van der Waals surface area contributed by atoms with Crippen LogP contribution in [-0.4, -0.2) is 24.3 Å². The number of ketones is 1. The second-order valence-corrected chi connectivity index (χ2v) is 6.75. The number of hydrogen-bond acceptors (Lipinski definition) is 3. The number of rotatable bonds is 11. The molecule has 0 bridgehead atoms. The third kappa shape index (κ3) is 7.20. The molecule has 0 fully saturated rings. The van der Waals surface area contributed by atoms with E-state index in [0.717, 1.165) is 45.1 Å². The molecule has 4 nitrogen and oxygen atoms in total. The molecule has 1 aromatic carbocycles. The number of nitrogens with one attached hydrogen (secondary N) is 1. The predicted molar refractivity (Wildman–Crippen MR) is 99.8 cm³/mol. The first-order chi connectivity index (χ1) is 11.5. The van der Waals surface area contributed by atoms with Gasteiger partial charge in [0.2, 0.25) is 0 Å². The molecular formula is C18H26Cl2N2O2. The minimum atomic E-state index is -0.506. The highest BCUT2D eigenvalue weighted by molar-refractivity contribution is 6.39. The minimum Gasteiger partial charge on any atom is -0.342 e. The summed E-state index contributed by atoms with van der Waals surface area (Å²) in [5.74, 6) is -0.469. The first-order valence-corrected chi connectivity index (χ1v) is 9.18. The van der Waals surface area contributed by atoms with Crippen LogP contribution in [0.5, 0.6) is 0 Å². The van der Waals surface area contributed by atoms with Crippen molar-refractivity contribution in [3.63, 3.8) is 0 Å². The van der Waals surface area contributed by atoms with E-state index in [9.17, 15) is 9.59 Å². The number of benzene rings is 1. The van der Waals surface area contributed by atoms with E-state index < -0.39 is 11.9 Å².